The van der Waals surface area contributed by atoms with E-state index in [-0.39, 0.29) is 11.4 Å². The molecule has 0 aliphatic rings. The SMILES string of the molecule is CCCC(O)CNS(=O)(=O)c1ccc(O)c(C(=O)O)c1. The van der Waals surface area contributed by atoms with Gasteiger partial charge in [0.1, 0.15) is 11.3 Å². The number of nitrogens with one attached hydrogen (secondary N) is 1. The highest BCUT2D eigenvalue weighted by atomic mass is 32.2. The fourth-order valence-corrected chi connectivity index (χ4v) is 2.68. The van der Waals surface area contributed by atoms with Gasteiger partial charge in [0.05, 0.1) is 11.0 Å². The summed E-state index contributed by atoms with van der Waals surface area (Å²) >= 11 is 0. The Labute approximate surface area is 116 Å². The van der Waals surface area contributed by atoms with Crippen LogP contribution in [-0.2, 0) is 10.0 Å². The van der Waals surface area contributed by atoms with Gasteiger partial charge in [-0.1, -0.05) is 13.3 Å². The minimum Gasteiger partial charge on any atom is -0.507 e. The van der Waals surface area contributed by atoms with Crippen molar-refractivity contribution in [2.75, 3.05) is 6.54 Å². The first-order chi connectivity index (χ1) is 9.27. The van der Waals surface area contributed by atoms with Crippen molar-refractivity contribution in [3.8, 4) is 5.75 Å². The third kappa shape index (κ3) is 4.19. The number of phenols is 1. The number of rotatable bonds is 7. The minimum absolute atomic E-state index is 0.153. The van der Waals surface area contributed by atoms with Gasteiger partial charge < -0.3 is 15.3 Å². The lowest BCUT2D eigenvalue weighted by molar-refractivity contribution is 0.0693. The van der Waals surface area contributed by atoms with E-state index in [2.05, 4.69) is 4.72 Å². The molecule has 7 nitrogen and oxygen atoms in total. The van der Waals surface area contributed by atoms with Crippen molar-refractivity contribution in [2.45, 2.75) is 30.8 Å². The van der Waals surface area contributed by atoms with Crippen molar-refractivity contribution in [1.29, 1.82) is 0 Å². The molecule has 1 atom stereocenters. The van der Waals surface area contributed by atoms with Gasteiger partial charge in [-0.15, -0.1) is 0 Å². The predicted molar refractivity (Wildman–Crippen MR) is 71.2 cm³/mol. The number of aliphatic hydroxyl groups excluding tert-OH is 1. The summed E-state index contributed by atoms with van der Waals surface area (Å²) in [6, 6.07) is 2.96. The van der Waals surface area contributed by atoms with E-state index in [9.17, 15) is 23.4 Å². The molecule has 0 spiro atoms. The molecule has 1 aromatic rings. The highest BCUT2D eigenvalue weighted by molar-refractivity contribution is 7.89. The van der Waals surface area contributed by atoms with Gasteiger partial charge >= 0.3 is 5.97 Å². The van der Waals surface area contributed by atoms with Gasteiger partial charge in [0.2, 0.25) is 10.0 Å². The van der Waals surface area contributed by atoms with Crippen LogP contribution in [0.5, 0.6) is 5.75 Å². The number of hydrogen-bond donors (Lipinski definition) is 4. The molecule has 1 unspecified atom stereocenters. The molecule has 0 fully saturated rings. The standard InChI is InChI=1S/C12H17NO6S/c1-2-3-8(14)7-13-20(18,19)9-4-5-11(15)10(6-9)12(16)17/h4-6,8,13-15H,2-3,7H2,1H3,(H,16,17). The molecule has 0 bridgehead atoms. The number of aromatic carboxylic acids is 1. The zero-order valence-electron chi connectivity index (χ0n) is 10.9. The van der Waals surface area contributed by atoms with Crippen LogP contribution >= 0.6 is 0 Å². The Morgan fingerprint density at radius 3 is 2.60 bits per heavy atom. The Balaban J connectivity index is 2.93. The first kappa shape index (κ1) is 16.4. The minimum atomic E-state index is -3.93. The maximum atomic E-state index is 11.9. The largest absolute Gasteiger partial charge is 0.507 e. The van der Waals surface area contributed by atoms with Crippen molar-refractivity contribution in [1.82, 2.24) is 4.72 Å². The van der Waals surface area contributed by atoms with Gasteiger partial charge in [0, 0.05) is 6.54 Å². The maximum Gasteiger partial charge on any atom is 0.339 e. The topological polar surface area (TPSA) is 124 Å². The second-order valence-corrected chi connectivity index (χ2v) is 6.05. The fraction of sp³-hybridized carbons (Fsp3) is 0.417. The Kier molecular flexibility index (Phi) is 5.49. The summed E-state index contributed by atoms with van der Waals surface area (Å²) in [6.45, 7) is 1.70. The Morgan fingerprint density at radius 2 is 2.05 bits per heavy atom. The number of benzene rings is 1. The van der Waals surface area contributed by atoms with Gasteiger partial charge in [-0.2, -0.15) is 0 Å². The number of carboxylic acid groups (broad SMARTS) is 1. The van der Waals surface area contributed by atoms with E-state index in [1.54, 1.807) is 0 Å². The average molecular weight is 303 g/mol. The number of aromatic hydroxyl groups is 1. The summed E-state index contributed by atoms with van der Waals surface area (Å²) < 4.78 is 26.1. The quantitative estimate of drug-likeness (QED) is 0.582. The molecular formula is C12H17NO6S. The van der Waals surface area contributed by atoms with Crippen LogP contribution < -0.4 is 4.72 Å². The number of carbonyl (C=O) groups is 1. The summed E-state index contributed by atoms with van der Waals surface area (Å²) in [5.41, 5.74) is -0.498. The molecule has 0 radical (unpaired) electrons. The number of aliphatic hydroxyl groups is 1. The molecule has 0 saturated heterocycles. The summed E-state index contributed by atoms with van der Waals surface area (Å²) in [7, 11) is -3.93. The zero-order valence-corrected chi connectivity index (χ0v) is 11.7. The molecule has 112 valence electrons. The third-order valence-corrected chi connectivity index (χ3v) is 4.06. The monoisotopic (exact) mass is 303 g/mol. The Morgan fingerprint density at radius 1 is 1.40 bits per heavy atom. The molecule has 1 aromatic carbocycles. The van der Waals surface area contributed by atoms with Gasteiger partial charge in [-0.3, -0.25) is 0 Å². The highest BCUT2D eigenvalue weighted by Crippen LogP contribution is 2.21. The molecule has 0 aliphatic carbocycles. The van der Waals surface area contributed by atoms with Crippen LogP contribution in [0.2, 0.25) is 0 Å². The molecule has 0 aromatic heterocycles. The second-order valence-electron chi connectivity index (χ2n) is 4.28. The number of carboxylic acids is 1. The summed E-state index contributed by atoms with van der Waals surface area (Å²) in [5, 5.41) is 27.6. The lowest BCUT2D eigenvalue weighted by Crippen LogP contribution is -2.32. The zero-order chi connectivity index (χ0) is 15.3. The molecule has 0 amide bonds. The van der Waals surface area contributed by atoms with Crippen molar-refractivity contribution in [2.24, 2.45) is 0 Å². The van der Waals surface area contributed by atoms with Crippen LogP contribution in [0, 0.1) is 0 Å². The summed E-state index contributed by atoms with van der Waals surface area (Å²) in [4.78, 5) is 10.6. The fourth-order valence-electron chi connectivity index (χ4n) is 1.58. The van der Waals surface area contributed by atoms with Crippen molar-refractivity contribution in [3.63, 3.8) is 0 Å². The van der Waals surface area contributed by atoms with E-state index in [0.717, 1.165) is 18.2 Å². The van der Waals surface area contributed by atoms with Crippen molar-refractivity contribution >= 4 is 16.0 Å². The second kappa shape index (κ2) is 6.69. The number of hydrogen-bond acceptors (Lipinski definition) is 5. The van der Waals surface area contributed by atoms with E-state index < -0.39 is 33.4 Å². The molecule has 8 heteroatoms. The van der Waals surface area contributed by atoms with E-state index in [1.807, 2.05) is 6.92 Å². The highest BCUT2D eigenvalue weighted by Gasteiger charge is 2.19. The molecule has 0 heterocycles. The van der Waals surface area contributed by atoms with Crippen molar-refractivity contribution < 1.29 is 28.5 Å². The first-order valence-electron chi connectivity index (χ1n) is 6.02. The summed E-state index contributed by atoms with van der Waals surface area (Å²) in [5.74, 6) is -1.94. The smallest absolute Gasteiger partial charge is 0.339 e. The van der Waals surface area contributed by atoms with E-state index in [1.165, 1.54) is 0 Å². The van der Waals surface area contributed by atoms with Crippen LogP contribution in [-0.4, -0.2) is 42.4 Å². The maximum absolute atomic E-state index is 11.9. The van der Waals surface area contributed by atoms with E-state index in [0.29, 0.717) is 12.8 Å². The van der Waals surface area contributed by atoms with E-state index >= 15 is 0 Å². The first-order valence-corrected chi connectivity index (χ1v) is 7.50. The van der Waals surface area contributed by atoms with E-state index in [4.69, 9.17) is 5.11 Å². The lowest BCUT2D eigenvalue weighted by atomic mass is 10.2. The normalized spacial score (nSPS) is 13.1. The van der Waals surface area contributed by atoms with Crippen molar-refractivity contribution in [3.05, 3.63) is 23.8 Å². The predicted octanol–water partition coefficient (Wildman–Crippen LogP) is 0.530. The Hall–Kier alpha value is -1.64. The summed E-state index contributed by atoms with van der Waals surface area (Å²) in [6.07, 6.45) is 0.370. The van der Waals surface area contributed by atoms with Crippen LogP contribution in [0.25, 0.3) is 0 Å². The molecule has 1 rings (SSSR count). The van der Waals surface area contributed by atoms with Crippen LogP contribution in [0.4, 0.5) is 0 Å². The lowest BCUT2D eigenvalue weighted by Gasteiger charge is -2.12. The molecule has 20 heavy (non-hydrogen) atoms. The molecule has 0 aliphatic heterocycles. The van der Waals surface area contributed by atoms with Crippen LogP contribution in [0.15, 0.2) is 23.1 Å². The molecule has 0 saturated carbocycles. The van der Waals surface area contributed by atoms with Crippen LogP contribution in [0.1, 0.15) is 30.1 Å². The van der Waals surface area contributed by atoms with Gasteiger partial charge in [0.15, 0.2) is 0 Å². The molecule has 4 N–H and O–H groups in total. The number of sulfonamides is 1. The third-order valence-electron chi connectivity index (χ3n) is 2.64. The average Bonchev–Trinajstić information content (AvgIpc) is 2.37. The van der Waals surface area contributed by atoms with Gasteiger partial charge in [-0.25, -0.2) is 17.9 Å². The van der Waals surface area contributed by atoms with Gasteiger partial charge in [0.25, 0.3) is 0 Å². The Bertz CT molecular complexity index is 584. The van der Waals surface area contributed by atoms with Gasteiger partial charge in [-0.05, 0) is 24.6 Å². The molecular weight excluding hydrogens is 286 g/mol. The van der Waals surface area contributed by atoms with Crippen LogP contribution in [0.3, 0.4) is 0 Å².